The first-order valence-corrected chi connectivity index (χ1v) is 5.80. The van der Waals surface area contributed by atoms with Crippen LogP contribution in [0.5, 0.6) is 5.75 Å². The summed E-state index contributed by atoms with van der Waals surface area (Å²) in [6, 6.07) is 6.99. The van der Waals surface area contributed by atoms with Crippen molar-refractivity contribution in [3.8, 4) is 5.75 Å². The Labute approximate surface area is 91.6 Å². The maximum absolute atomic E-state index is 5.60. The van der Waals surface area contributed by atoms with Gasteiger partial charge in [-0.15, -0.1) is 0 Å². The summed E-state index contributed by atoms with van der Waals surface area (Å²) in [4.78, 5) is 0. The lowest BCUT2D eigenvalue weighted by Crippen LogP contribution is -2.18. The minimum atomic E-state index is 0.433. The summed E-state index contributed by atoms with van der Waals surface area (Å²) in [5, 5.41) is 3.43. The zero-order chi connectivity index (χ0) is 10.7. The van der Waals surface area contributed by atoms with E-state index in [4.69, 9.17) is 4.74 Å². The van der Waals surface area contributed by atoms with Crippen LogP contribution in [-0.2, 0) is 6.42 Å². The van der Waals surface area contributed by atoms with Gasteiger partial charge in [-0.2, -0.15) is 0 Å². The fourth-order valence-electron chi connectivity index (χ4n) is 2.07. The minimum Gasteiger partial charge on any atom is -0.493 e. The Bertz CT molecular complexity index is 335. The van der Waals surface area contributed by atoms with E-state index in [1.807, 2.05) is 0 Å². The molecule has 15 heavy (non-hydrogen) atoms. The third kappa shape index (κ3) is 2.32. The van der Waals surface area contributed by atoms with Gasteiger partial charge in [-0.1, -0.05) is 19.1 Å². The lowest BCUT2D eigenvalue weighted by Gasteiger charge is -2.20. The fourth-order valence-corrected chi connectivity index (χ4v) is 2.07. The van der Waals surface area contributed by atoms with Crippen molar-refractivity contribution in [1.82, 2.24) is 5.32 Å². The summed E-state index contributed by atoms with van der Waals surface area (Å²) in [6.07, 6.45) is 2.30. The minimum absolute atomic E-state index is 0.433. The van der Waals surface area contributed by atoms with E-state index in [-0.39, 0.29) is 0 Å². The summed E-state index contributed by atoms with van der Waals surface area (Å²) < 4.78 is 5.60. The van der Waals surface area contributed by atoms with Gasteiger partial charge in [-0.3, -0.25) is 0 Å². The molecule has 82 valence electrons. The van der Waals surface area contributed by atoms with Crippen LogP contribution in [0.3, 0.4) is 0 Å². The smallest absolute Gasteiger partial charge is 0.122 e. The molecule has 1 heterocycles. The Balaban J connectivity index is 2.20. The average Bonchev–Trinajstić information content (AvgIpc) is 2.29. The standard InChI is InChI=1S/C13H19NO/c1-3-14-10(2)11-6-7-13-12(9-11)5-4-8-15-13/h6-7,9-10,14H,3-5,8H2,1-2H3. The van der Waals surface area contributed by atoms with E-state index in [2.05, 4.69) is 37.4 Å². The van der Waals surface area contributed by atoms with E-state index in [0.717, 1.165) is 31.7 Å². The Morgan fingerprint density at radius 1 is 1.47 bits per heavy atom. The first kappa shape index (κ1) is 10.5. The van der Waals surface area contributed by atoms with E-state index >= 15 is 0 Å². The lowest BCUT2D eigenvalue weighted by molar-refractivity contribution is 0.288. The fraction of sp³-hybridized carbons (Fsp3) is 0.538. The van der Waals surface area contributed by atoms with Crippen molar-refractivity contribution in [2.75, 3.05) is 13.2 Å². The van der Waals surface area contributed by atoms with Gasteiger partial charge in [-0.25, -0.2) is 0 Å². The molecule has 0 saturated heterocycles. The first-order chi connectivity index (χ1) is 7.31. The summed E-state index contributed by atoms with van der Waals surface area (Å²) in [5.74, 6) is 1.08. The van der Waals surface area contributed by atoms with Gasteiger partial charge in [0.05, 0.1) is 6.61 Å². The molecule has 2 rings (SSSR count). The van der Waals surface area contributed by atoms with Crippen molar-refractivity contribution in [3.05, 3.63) is 29.3 Å². The molecule has 0 bridgehead atoms. The van der Waals surface area contributed by atoms with E-state index in [0.29, 0.717) is 6.04 Å². The zero-order valence-electron chi connectivity index (χ0n) is 9.55. The van der Waals surface area contributed by atoms with Crippen molar-refractivity contribution in [2.45, 2.75) is 32.7 Å². The van der Waals surface area contributed by atoms with E-state index in [9.17, 15) is 0 Å². The highest BCUT2D eigenvalue weighted by molar-refractivity contribution is 5.39. The van der Waals surface area contributed by atoms with Crippen LogP contribution in [0, 0.1) is 0 Å². The number of fused-ring (bicyclic) bond motifs is 1. The molecule has 1 aliphatic heterocycles. The number of hydrogen-bond acceptors (Lipinski definition) is 2. The highest BCUT2D eigenvalue weighted by Gasteiger charge is 2.12. The molecule has 0 radical (unpaired) electrons. The van der Waals surface area contributed by atoms with Gasteiger partial charge in [0.25, 0.3) is 0 Å². The second-order valence-corrected chi connectivity index (χ2v) is 4.10. The van der Waals surface area contributed by atoms with Gasteiger partial charge >= 0.3 is 0 Å². The molecule has 1 aliphatic rings. The summed E-state index contributed by atoms with van der Waals surface area (Å²) in [5.41, 5.74) is 2.73. The maximum atomic E-state index is 5.60. The number of ether oxygens (including phenoxy) is 1. The molecule has 1 N–H and O–H groups in total. The third-order valence-electron chi connectivity index (χ3n) is 2.94. The number of rotatable bonds is 3. The van der Waals surface area contributed by atoms with Crippen molar-refractivity contribution in [3.63, 3.8) is 0 Å². The third-order valence-corrected chi connectivity index (χ3v) is 2.94. The maximum Gasteiger partial charge on any atom is 0.122 e. The zero-order valence-corrected chi connectivity index (χ0v) is 9.55. The normalized spacial score (nSPS) is 16.7. The molecule has 0 aromatic heterocycles. The molecule has 0 saturated carbocycles. The predicted octanol–water partition coefficient (Wildman–Crippen LogP) is 2.68. The van der Waals surface area contributed by atoms with Gasteiger partial charge in [-0.05, 0) is 43.5 Å². The summed E-state index contributed by atoms with van der Waals surface area (Å²) in [7, 11) is 0. The number of hydrogen-bond donors (Lipinski definition) is 1. The van der Waals surface area contributed by atoms with Gasteiger partial charge in [0.15, 0.2) is 0 Å². The van der Waals surface area contributed by atoms with Gasteiger partial charge in [0, 0.05) is 6.04 Å². The van der Waals surface area contributed by atoms with Crippen LogP contribution in [0.15, 0.2) is 18.2 Å². The monoisotopic (exact) mass is 205 g/mol. The summed E-state index contributed by atoms with van der Waals surface area (Å²) in [6.45, 7) is 6.22. The molecule has 0 spiro atoms. The van der Waals surface area contributed by atoms with Crippen LogP contribution in [-0.4, -0.2) is 13.2 Å². The summed E-state index contributed by atoms with van der Waals surface area (Å²) >= 11 is 0. The highest BCUT2D eigenvalue weighted by Crippen LogP contribution is 2.27. The van der Waals surface area contributed by atoms with Crippen molar-refractivity contribution in [1.29, 1.82) is 0 Å². The van der Waals surface area contributed by atoms with E-state index in [1.54, 1.807) is 0 Å². The molecule has 0 aliphatic carbocycles. The molecule has 0 amide bonds. The Morgan fingerprint density at radius 3 is 3.13 bits per heavy atom. The Kier molecular flexibility index (Phi) is 3.27. The Morgan fingerprint density at radius 2 is 2.33 bits per heavy atom. The molecule has 1 atom stereocenters. The molecule has 2 nitrogen and oxygen atoms in total. The first-order valence-electron chi connectivity index (χ1n) is 5.80. The second kappa shape index (κ2) is 4.67. The van der Waals surface area contributed by atoms with E-state index in [1.165, 1.54) is 11.1 Å². The van der Waals surface area contributed by atoms with Gasteiger partial charge in [0.2, 0.25) is 0 Å². The van der Waals surface area contributed by atoms with Crippen LogP contribution in [0.25, 0.3) is 0 Å². The molecular formula is C13H19NO. The van der Waals surface area contributed by atoms with Crippen molar-refractivity contribution >= 4 is 0 Å². The quantitative estimate of drug-likeness (QED) is 0.819. The van der Waals surface area contributed by atoms with Gasteiger partial charge < -0.3 is 10.1 Å². The molecule has 0 fully saturated rings. The molecule has 1 aromatic rings. The molecule has 1 unspecified atom stereocenters. The van der Waals surface area contributed by atoms with Crippen LogP contribution >= 0.6 is 0 Å². The second-order valence-electron chi connectivity index (χ2n) is 4.10. The topological polar surface area (TPSA) is 21.3 Å². The predicted molar refractivity (Wildman–Crippen MR) is 62.3 cm³/mol. The highest BCUT2D eigenvalue weighted by atomic mass is 16.5. The van der Waals surface area contributed by atoms with Crippen molar-refractivity contribution in [2.24, 2.45) is 0 Å². The molecular weight excluding hydrogens is 186 g/mol. The van der Waals surface area contributed by atoms with Crippen LogP contribution < -0.4 is 10.1 Å². The average molecular weight is 205 g/mol. The number of nitrogens with one attached hydrogen (secondary N) is 1. The largest absolute Gasteiger partial charge is 0.493 e. The SMILES string of the molecule is CCNC(C)c1ccc2c(c1)CCCO2. The van der Waals surface area contributed by atoms with Gasteiger partial charge in [0.1, 0.15) is 5.75 Å². The van der Waals surface area contributed by atoms with Crippen LogP contribution in [0.2, 0.25) is 0 Å². The van der Waals surface area contributed by atoms with Crippen LogP contribution in [0.4, 0.5) is 0 Å². The number of aryl methyl sites for hydroxylation is 1. The van der Waals surface area contributed by atoms with Crippen LogP contribution in [0.1, 0.15) is 37.4 Å². The number of benzene rings is 1. The molecule has 2 heteroatoms. The Hall–Kier alpha value is -1.02. The molecule has 1 aromatic carbocycles. The van der Waals surface area contributed by atoms with E-state index < -0.39 is 0 Å². The lowest BCUT2D eigenvalue weighted by atomic mass is 10.00. The van der Waals surface area contributed by atoms with Crippen molar-refractivity contribution < 1.29 is 4.74 Å².